The molecule has 0 saturated heterocycles. The van der Waals surface area contributed by atoms with Crippen LogP contribution < -0.4 is 10.1 Å². The second-order valence-electron chi connectivity index (χ2n) is 9.44. The smallest absolute Gasteiger partial charge is 0.325 e. The van der Waals surface area contributed by atoms with Gasteiger partial charge in [0.25, 0.3) is 0 Å². The molecule has 4 rings (SSSR count). The van der Waals surface area contributed by atoms with Gasteiger partial charge < -0.3 is 14.8 Å². The molecule has 0 aliphatic heterocycles. The van der Waals surface area contributed by atoms with E-state index in [1.807, 2.05) is 54.6 Å². The van der Waals surface area contributed by atoms with Gasteiger partial charge in [0.1, 0.15) is 25.0 Å². The molecule has 1 N–H and O–H groups in total. The van der Waals surface area contributed by atoms with Gasteiger partial charge in [0.2, 0.25) is 0 Å². The summed E-state index contributed by atoms with van der Waals surface area (Å²) in [7, 11) is 0. The number of nitrogens with one attached hydrogen (secondary N) is 1. The van der Waals surface area contributed by atoms with Crippen LogP contribution in [0.15, 0.2) is 54.6 Å². The number of benzene rings is 2. The summed E-state index contributed by atoms with van der Waals surface area (Å²) in [5.41, 5.74) is 2.23. The van der Waals surface area contributed by atoms with Gasteiger partial charge >= 0.3 is 5.97 Å². The quantitative estimate of drug-likeness (QED) is 0.637. The summed E-state index contributed by atoms with van der Waals surface area (Å²) in [4.78, 5) is 12.5. The van der Waals surface area contributed by atoms with Crippen LogP contribution in [0.3, 0.4) is 0 Å². The molecule has 4 nitrogen and oxygen atoms in total. The molecule has 0 radical (unpaired) electrons. The predicted octanol–water partition coefficient (Wildman–Crippen LogP) is 5.44. The van der Waals surface area contributed by atoms with Crippen molar-refractivity contribution in [3.8, 4) is 5.75 Å². The molecule has 3 atom stereocenters. The molecule has 2 aliphatic rings. The van der Waals surface area contributed by atoms with Gasteiger partial charge in [-0.3, -0.25) is 4.79 Å². The van der Waals surface area contributed by atoms with Gasteiger partial charge in [0.15, 0.2) is 0 Å². The van der Waals surface area contributed by atoms with Crippen LogP contribution >= 0.6 is 0 Å². The maximum atomic E-state index is 12.5. The van der Waals surface area contributed by atoms with E-state index >= 15 is 0 Å². The van der Waals surface area contributed by atoms with Crippen LogP contribution in [0.5, 0.6) is 5.75 Å². The van der Waals surface area contributed by atoms with Crippen molar-refractivity contribution in [2.24, 2.45) is 16.7 Å². The Morgan fingerprint density at radius 2 is 1.79 bits per heavy atom. The number of hydrogen-bond donors (Lipinski definition) is 1. The minimum absolute atomic E-state index is 0.0109. The molecule has 0 aromatic heterocycles. The van der Waals surface area contributed by atoms with Crippen LogP contribution in [0, 0.1) is 16.7 Å². The molecule has 29 heavy (non-hydrogen) atoms. The van der Waals surface area contributed by atoms with E-state index in [1.54, 1.807) is 0 Å². The third kappa shape index (κ3) is 4.12. The fourth-order valence-corrected chi connectivity index (χ4v) is 5.31. The third-order valence-electron chi connectivity index (χ3n) is 6.93. The molecular formula is C25H31NO3. The maximum Gasteiger partial charge on any atom is 0.325 e. The highest BCUT2D eigenvalue weighted by molar-refractivity contribution is 5.75. The summed E-state index contributed by atoms with van der Waals surface area (Å²) >= 11 is 0. The summed E-state index contributed by atoms with van der Waals surface area (Å²) in [6.07, 6.45) is 3.61. The third-order valence-corrected chi connectivity index (χ3v) is 6.93. The molecule has 0 heterocycles. The van der Waals surface area contributed by atoms with E-state index < -0.39 is 0 Å². The van der Waals surface area contributed by atoms with Crippen molar-refractivity contribution in [2.75, 3.05) is 11.9 Å². The predicted molar refractivity (Wildman–Crippen MR) is 115 cm³/mol. The van der Waals surface area contributed by atoms with Crippen LogP contribution in [-0.2, 0) is 16.1 Å². The van der Waals surface area contributed by atoms with Gasteiger partial charge in [0.05, 0.1) is 0 Å². The van der Waals surface area contributed by atoms with E-state index in [2.05, 4.69) is 26.1 Å². The summed E-state index contributed by atoms with van der Waals surface area (Å²) < 4.78 is 11.8. The first-order valence-electron chi connectivity index (χ1n) is 10.6. The SMILES string of the molecule is CC12CCC(C1)C(C)(C)C2OC(=O)CNc1ccc(OCc2ccccc2)cc1. The molecule has 2 aromatic rings. The zero-order valence-electron chi connectivity index (χ0n) is 17.6. The highest BCUT2D eigenvalue weighted by atomic mass is 16.5. The zero-order chi connectivity index (χ0) is 20.5. The highest BCUT2D eigenvalue weighted by Gasteiger charge is 2.61. The average Bonchev–Trinajstić information content (AvgIpc) is 3.21. The highest BCUT2D eigenvalue weighted by Crippen LogP contribution is 2.63. The Labute approximate surface area is 173 Å². The zero-order valence-corrected chi connectivity index (χ0v) is 17.6. The second kappa shape index (κ2) is 7.74. The number of carbonyl (C=O) groups excluding carboxylic acids is 1. The first-order chi connectivity index (χ1) is 13.9. The Hall–Kier alpha value is -2.49. The number of carbonyl (C=O) groups is 1. The standard InChI is InChI=1S/C25H31NO3/c1-24(2)19-13-14-25(3,15-19)23(24)29-22(27)16-26-20-9-11-21(12-10-20)28-17-18-7-5-4-6-8-18/h4-12,19,23,26H,13-17H2,1-3H3. The van der Waals surface area contributed by atoms with Crippen LogP contribution in [0.25, 0.3) is 0 Å². The number of fused-ring (bicyclic) bond motifs is 2. The maximum absolute atomic E-state index is 12.5. The molecule has 0 spiro atoms. The Bertz CT molecular complexity index is 841. The lowest BCUT2D eigenvalue weighted by Crippen LogP contribution is -2.44. The Kier molecular flexibility index (Phi) is 5.28. The molecule has 2 saturated carbocycles. The molecule has 154 valence electrons. The fourth-order valence-electron chi connectivity index (χ4n) is 5.31. The normalized spacial score (nSPS) is 26.9. The monoisotopic (exact) mass is 393 g/mol. The van der Waals surface area contributed by atoms with Gasteiger partial charge in [-0.2, -0.15) is 0 Å². The van der Waals surface area contributed by atoms with Crippen LogP contribution in [0.4, 0.5) is 5.69 Å². The van der Waals surface area contributed by atoms with E-state index in [-0.39, 0.29) is 29.4 Å². The van der Waals surface area contributed by atoms with Crippen molar-refractivity contribution in [1.29, 1.82) is 0 Å². The average molecular weight is 394 g/mol. The van der Waals surface area contributed by atoms with E-state index in [4.69, 9.17) is 9.47 Å². The van der Waals surface area contributed by atoms with Crippen molar-refractivity contribution in [1.82, 2.24) is 0 Å². The minimum Gasteiger partial charge on any atom is -0.489 e. The Morgan fingerprint density at radius 1 is 1.07 bits per heavy atom. The Morgan fingerprint density at radius 3 is 2.45 bits per heavy atom. The van der Waals surface area contributed by atoms with Crippen molar-refractivity contribution < 1.29 is 14.3 Å². The summed E-state index contributed by atoms with van der Waals surface area (Å²) in [6.45, 7) is 7.50. The molecule has 2 aliphatic carbocycles. The van der Waals surface area contributed by atoms with Gasteiger partial charge in [-0.15, -0.1) is 0 Å². The largest absolute Gasteiger partial charge is 0.489 e. The van der Waals surface area contributed by atoms with Crippen LogP contribution in [-0.4, -0.2) is 18.6 Å². The lowest BCUT2D eigenvalue weighted by molar-refractivity contribution is -0.162. The first-order valence-corrected chi connectivity index (χ1v) is 10.6. The lowest BCUT2D eigenvalue weighted by atomic mass is 9.70. The molecule has 3 unspecified atom stereocenters. The minimum atomic E-state index is -0.179. The van der Waals surface area contributed by atoms with Crippen molar-refractivity contribution >= 4 is 11.7 Å². The van der Waals surface area contributed by atoms with Gasteiger partial charge in [-0.1, -0.05) is 51.1 Å². The molecule has 2 fully saturated rings. The van der Waals surface area contributed by atoms with Gasteiger partial charge in [-0.25, -0.2) is 0 Å². The van der Waals surface area contributed by atoms with Crippen molar-refractivity contribution in [3.05, 3.63) is 60.2 Å². The number of ether oxygens (including phenoxy) is 2. The fraction of sp³-hybridized carbons (Fsp3) is 0.480. The van der Waals surface area contributed by atoms with Crippen LogP contribution in [0.2, 0.25) is 0 Å². The van der Waals surface area contributed by atoms with Crippen molar-refractivity contribution in [3.63, 3.8) is 0 Å². The van der Waals surface area contributed by atoms with E-state index in [1.165, 1.54) is 12.8 Å². The molecular weight excluding hydrogens is 362 g/mol. The van der Waals surface area contributed by atoms with E-state index in [0.29, 0.717) is 12.5 Å². The summed E-state index contributed by atoms with van der Waals surface area (Å²) in [6, 6.07) is 17.8. The van der Waals surface area contributed by atoms with Gasteiger partial charge in [-0.05, 0) is 55.0 Å². The molecule has 0 amide bonds. The number of anilines is 1. The number of hydrogen-bond acceptors (Lipinski definition) is 4. The van der Waals surface area contributed by atoms with Gasteiger partial charge in [0, 0.05) is 16.5 Å². The number of rotatable bonds is 7. The topological polar surface area (TPSA) is 47.6 Å². The number of esters is 1. The summed E-state index contributed by atoms with van der Waals surface area (Å²) in [5, 5.41) is 3.17. The van der Waals surface area contributed by atoms with Crippen molar-refractivity contribution in [2.45, 2.75) is 52.7 Å². The first kappa shape index (κ1) is 19.8. The molecule has 2 bridgehead atoms. The molecule has 4 heteroatoms. The molecule has 2 aromatic carbocycles. The van der Waals surface area contributed by atoms with Crippen LogP contribution in [0.1, 0.15) is 45.6 Å². The lowest BCUT2D eigenvalue weighted by Gasteiger charge is -2.41. The second-order valence-corrected chi connectivity index (χ2v) is 9.44. The van der Waals surface area contributed by atoms with E-state index in [9.17, 15) is 4.79 Å². The Balaban J connectivity index is 1.26. The van der Waals surface area contributed by atoms with E-state index in [0.717, 1.165) is 23.4 Å². The summed E-state index contributed by atoms with van der Waals surface area (Å²) in [5.74, 6) is 1.29.